The van der Waals surface area contributed by atoms with Gasteiger partial charge in [-0.15, -0.1) is 0 Å². The molecule has 220 valence electrons. The smallest absolute Gasteiger partial charge is 0.253 e. The summed E-state index contributed by atoms with van der Waals surface area (Å²) >= 11 is 0. The van der Waals surface area contributed by atoms with Crippen molar-refractivity contribution >= 4 is 17.7 Å². The molecule has 0 spiro atoms. The predicted octanol–water partition coefficient (Wildman–Crippen LogP) is 3.70. The normalized spacial score (nSPS) is 12.9. The first kappa shape index (κ1) is 30.3. The summed E-state index contributed by atoms with van der Waals surface area (Å²) in [6, 6.07) is 20.2. The number of nitrogens with zero attached hydrogens (tertiary/aromatic N) is 2. The van der Waals surface area contributed by atoms with Crippen molar-refractivity contribution in [2.75, 3.05) is 41.5 Å². The third-order valence-electron chi connectivity index (χ3n) is 7.53. The second-order valence-electron chi connectivity index (χ2n) is 10.0. The molecule has 0 saturated carbocycles. The average molecular weight is 573 g/mol. The first-order valence-corrected chi connectivity index (χ1v) is 13.7. The van der Waals surface area contributed by atoms with Crippen molar-refractivity contribution in [2.24, 2.45) is 0 Å². The quantitative estimate of drug-likeness (QED) is 0.246. The van der Waals surface area contributed by atoms with Gasteiger partial charge in [0.05, 0.1) is 21.3 Å². The third kappa shape index (κ3) is 6.47. The van der Waals surface area contributed by atoms with Crippen LogP contribution in [0.3, 0.4) is 0 Å². The van der Waals surface area contributed by atoms with Crippen LogP contribution in [0.1, 0.15) is 35.1 Å². The molecule has 0 saturated heterocycles. The van der Waals surface area contributed by atoms with Crippen LogP contribution in [0.25, 0.3) is 0 Å². The van der Waals surface area contributed by atoms with Gasteiger partial charge in [0, 0.05) is 38.7 Å². The molecule has 3 aromatic rings. The van der Waals surface area contributed by atoms with Gasteiger partial charge in [-0.2, -0.15) is 0 Å². The van der Waals surface area contributed by atoms with Crippen molar-refractivity contribution < 1.29 is 33.7 Å². The van der Waals surface area contributed by atoms with E-state index in [-0.39, 0.29) is 18.9 Å². The van der Waals surface area contributed by atoms with Crippen LogP contribution in [-0.4, -0.2) is 74.1 Å². The van der Waals surface area contributed by atoms with Crippen molar-refractivity contribution in [3.05, 3.63) is 101 Å². The van der Waals surface area contributed by atoms with Gasteiger partial charge >= 0.3 is 0 Å². The summed E-state index contributed by atoms with van der Waals surface area (Å²) < 4.78 is 16.3. The van der Waals surface area contributed by atoms with Gasteiger partial charge < -0.3 is 24.2 Å². The van der Waals surface area contributed by atoms with Crippen molar-refractivity contribution in [3.63, 3.8) is 0 Å². The number of carbonyl (C=O) groups excluding carboxylic acids is 3. The summed E-state index contributed by atoms with van der Waals surface area (Å²) in [6.07, 6.45) is 3.70. The molecule has 9 heteroatoms. The van der Waals surface area contributed by atoms with Crippen LogP contribution in [0.15, 0.2) is 78.9 Å². The van der Waals surface area contributed by atoms with E-state index in [1.807, 2.05) is 66.7 Å². The Morgan fingerprint density at radius 2 is 1.33 bits per heavy atom. The summed E-state index contributed by atoms with van der Waals surface area (Å²) in [6.45, 7) is 0.520. The molecule has 1 heterocycles. The molecule has 0 atom stereocenters. The van der Waals surface area contributed by atoms with Crippen LogP contribution in [0.4, 0.5) is 0 Å². The second kappa shape index (κ2) is 13.4. The van der Waals surface area contributed by atoms with E-state index < -0.39 is 17.4 Å². The zero-order valence-electron chi connectivity index (χ0n) is 24.3. The minimum atomic E-state index is -1.48. The SMILES string of the molecule is COc1ccc(C(O)(c2ccc(OC)cc2)c2ccc(OC)c(CCCN(C)C(=O)CCN3C(=O)C=CC3=O)c2)cc1. The summed E-state index contributed by atoms with van der Waals surface area (Å²) in [7, 11) is 6.49. The molecular weight excluding hydrogens is 536 g/mol. The largest absolute Gasteiger partial charge is 0.497 e. The predicted molar refractivity (Wildman–Crippen MR) is 158 cm³/mol. The summed E-state index contributed by atoms with van der Waals surface area (Å²) in [5.74, 6) is 1.09. The fourth-order valence-electron chi connectivity index (χ4n) is 5.04. The molecule has 1 aliphatic rings. The van der Waals surface area contributed by atoms with E-state index in [2.05, 4.69) is 0 Å². The molecule has 42 heavy (non-hydrogen) atoms. The van der Waals surface area contributed by atoms with Gasteiger partial charge in [-0.05, 0) is 71.5 Å². The van der Waals surface area contributed by atoms with Crippen LogP contribution in [0, 0.1) is 0 Å². The molecule has 0 bridgehead atoms. The van der Waals surface area contributed by atoms with E-state index in [0.717, 1.165) is 10.5 Å². The second-order valence-corrected chi connectivity index (χ2v) is 10.0. The van der Waals surface area contributed by atoms with Gasteiger partial charge in [0.2, 0.25) is 5.91 Å². The Labute approximate surface area is 245 Å². The lowest BCUT2D eigenvalue weighted by Crippen LogP contribution is -2.35. The van der Waals surface area contributed by atoms with Crippen LogP contribution >= 0.6 is 0 Å². The zero-order chi connectivity index (χ0) is 30.3. The van der Waals surface area contributed by atoms with Crippen LogP contribution < -0.4 is 14.2 Å². The summed E-state index contributed by atoms with van der Waals surface area (Å²) in [4.78, 5) is 38.8. The minimum Gasteiger partial charge on any atom is -0.497 e. The minimum absolute atomic E-state index is 0.0546. The zero-order valence-corrected chi connectivity index (χ0v) is 24.3. The van der Waals surface area contributed by atoms with E-state index >= 15 is 0 Å². The van der Waals surface area contributed by atoms with E-state index in [0.29, 0.717) is 53.3 Å². The number of carbonyl (C=O) groups is 3. The highest BCUT2D eigenvalue weighted by Crippen LogP contribution is 2.39. The highest BCUT2D eigenvalue weighted by atomic mass is 16.5. The molecule has 1 aliphatic heterocycles. The number of aliphatic hydroxyl groups is 1. The van der Waals surface area contributed by atoms with Crippen molar-refractivity contribution in [3.8, 4) is 17.2 Å². The van der Waals surface area contributed by atoms with Gasteiger partial charge in [0.25, 0.3) is 11.8 Å². The Morgan fingerprint density at radius 3 is 1.83 bits per heavy atom. The Balaban J connectivity index is 1.53. The number of hydrogen-bond donors (Lipinski definition) is 1. The number of methoxy groups -OCH3 is 3. The maximum absolute atomic E-state index is 12.6. The first-order chi connectivity index (χ1) is 20.2. The Kier molecular flexibility index (Phi) is 9.64. The molecule has 9 nitrogen and oxygen atoms in total. The fraction of sp³-hybridized carbons (Fsp3) is 0.303. The molecule has 4 rings (SSSR count). The number of ether oxygens (including phenoxy) is 3. The van der Waals surface area contributed by atoms with Gasteiger partial charge in [0.1, 0.15) is 22.8 Å². The lowest BCUT2D eigenvalue weighted by Gasteiger charge is -2.31. The Morgan fingerprint density at radius 1 is 0.810 bits per heavy atom. The number of imide groups is 1. The van der Waals surface area contributed by atoms with Crippen LogP contribution in [0.5, 0.6) is 17.2 Å². The van der Waals surface area contributed by atoms with E-state index in [1.54, 1.807) is 33.3 Å². The molecular formula is C33H36N2O7. The van der Waals surface area contributed by atoms with Gasteiger partial charge in [-0.3, -0.25) is 19.3 Å². The standard InChI is InChI=1S/C33H36N2O7/c1-34(30(36)19-21-35-31(37)17-18-32(35)38)20-5-6-23-22-26(11-16-29(23)42-4)33(39,24-7-12-27(40-2)13-8-24)25-9-14-28(41-3)15-10-25/h7-18,22,39H,5-6,19-21H2,1-4H3. The number of rotatable bonds is 13. The average Bonchev–Trinajstić information content (AvgIpc) is 3.35. The monoisotopic (exact) mass is 572 g/mol. The summed E-state index contributed by atoms with van der Waals surface area (Å²) in [5, 5.41) is 12.4. The van der Waals surface area contributed by atoms with Gasteiger partial charge in [0.15, 0.2) is 0 Å². The number of hydrogen-bond acceptors (Lipinski definition) is 7. The van der Waals surface area contributed by atoms with E-state index in [9.17, 15) is 19.5 Å². The molecule has 0 unspecified atom stereocenters. The Hall–Kier alpha value is -4.63. The highest BCUT2D eigenvalue weighted by molar-refractivity contribution is 6.13. The number of benzene rings is 3. The van der Waals surface area contributed by atoms with Crippen molar-refractivity contribution in [1.29, 1.82) is 0 Å². The van der Waals surface area contributed by atoms with E-state index in [4.69, 9.17) is 14.2 Å². The fourth-order valence-corrected chi connectivity index (χ4v) is 5.04. The molecule has 0 radical (unpaired) electrons. The molecule has 1 N–H and O–H groups in total. The molecule has 0 aromatic heterocycles. The van der Waals surface area contributed by atoms with Crippen molar-refractivity contribution in [1.82, 2.24) is 9.80 Å². The van der Waals surface area contributed by atoms with Crippen molar-refractivity contribution in [2.45, 2.75) is 24.9 Å². The maximum Gasteiger partial charge on any atom is 0.253 e. The lowest BCUT2D eigenvalue weighted by molar-refractivity contribution is -0.137. The van der Waals surface area contributed by atoms with Crippen LogP contribution in [-0.2, 0) is 26.4 Å². The lowest BCUT2D eigenvalue weighted by atomic mass is 9.79. The molecule has 0 aliphatic carbocycles. The topological polar surface area (TPSA) is 106 Å². The summed E-state index contributed by atoms with van der Waals surface area (Å²) in [5.41, 5.74) is 1.40. The molecule has 3 aromatic carbocycles. The number of aryl methyl sites for hydroxylation is 1. The molecule has 0 fully saturated rings. The van der Waals surface area contributed by atoms with Crippen LogP contribution in [0.2, 0.25) is 0 Å². The van der Waals surface area contributed by atoms with Gasteiger partial charge in [-0.1, -0.05) is 30.3 Å². The van der Waals surface area contributed by atoms with Gasteiger partial charge in [-0.25, -0.2) is 0 Å². The van der Waals surface area contributed by atoms with E-state index in [1.165, 1.54) is 12.2 Å². The first-order valence-electron chi connectivity index (χ1n) is 13.7. The molecule has 3 amide bonds. The number of amides is 3. The highest BCUT2D eigenvalue weighted by Gasteiger charge is 2.34. The Bertz CT molecular complexity index is 1380. The third-order valence-corrected chi connectivity index (χ3v) is 7.53. The maximum atomic E-state index is 12.6.